The molecule has 0 aliphatic carbocycles. The Bertz CT molecular complexity index is 553. The van der Waals surface area contributed by atoms with E-state index in [9.17, 15) is 23.6 Å². The first kappa shape index (κ1) is 13.1. The summed E-state index contributed by atoms with van der Waals surface area (Å²) >= 11 is 0. The lowest BCUT2D eigenvalue weighted by Crippen LogP contribution is -2.23. The first-order valence-corrected chi connectivity index (χ1v) is 5.95. The second-order valence-corrected chi connectivity index (χ2v) is 4.82. The second-order valence-electron chi connectivity index (χ2n) is 3.05. The van der Waals surface area contributed by atoms with Crippen LogP contribution in [0.2, 0.25) is 0 Å². The smallest absolute Gasteiger partial charge is 0.312 e. The third-order valence-corrected chi connectivity index (χ3v) is 3.29. The van der Waals surface area contributed by atoms with Crippen LogP contribution in [0.1, 0.15) is 0 Å². The van der Waals surface area contributed by atoms with Crippen molar-refractivity contribution in [3.05, 3.63) is 41.0 Å². The SMILES string of the molecule is C=CCNS(=O)(=O)c1ccc(O)c([N+](=O)[O-])c1. The maximum atomic E-state index is 11.6. The maximum Gasteiger partial charge on any atom is 0.312 e. The van der Waals surface area contributed by atoms with Gasteiger partial charge in [0.05, 0.1) is 9.82 Å². The topological polar surface area (TPSA) is 110 Å². The highest BCUT2D eigenvalue weighted by Gasteiger charge is 2.20. The molecule has 0 aliphatic heterocycles. The Kier molecular flexibility index (Phi) is 3.81. The van der Waals surface area contributed by atoms with Crippen molar-refractivity contribution in [1.29, 1.82) is 0 Å². The average Bonchev–Trinajstić information content (AvgIpc) is 2.26. The fourth-order valence-corrected chi connectivity index (χ4v) is 2.09. The second kappa shape index (κ2) is 4.93. The molecular weight excluding hydrogens is 248 g/mol. The molecule has 0 radical (unpaired) electrons. The number of benzene rings is 1. The highest BCUT2D eigenvalue weighted by atomic mass is 32.2. The number of hydrogen-bond acceptors (Lipinski definition) is 5. The van der Waals surface area contributed by atoms with Crippen molar-refractivity contribution in [1.82, 2.24) is 4.72 Å². The molecule has 92 valence electrons. The van der Waals surface area contributed by atoms with Crippen LogP contribution in [0.4, 0.5) is 5.69 Å². The van der Waals surface area contributed by atoms with Crippen LogP contribution in [-0.2, 0) is 10.0 Å². The summed E-state index contributed by atoms with van der Waals surface area (Å²) in [6, 6.07) is 2.83. The van der Waals surface area contributed by atoms with Crippen molar-refractivity contribution in [2.75, 3.05) is 6.54 Å². The molecule has 1 rings (SSSR count). The minimum atomic E-state index is -3.83. The lowest BCUT2D eigenvalue weighted by molar-refractivity contribution is -0.386. The molecule has 0 saturated carbocycles. The highest BCUT2D eigenvalue weighted by molar-refractivity contribution is 7.89. The maximum absolute atomic E-state index is 11.6. The van der Waals surface area contributed by atoms with Gasteiger partial charge in [-0.3, -0.25) is 10.1 Å². The molecule has 0 aliphatic rings. The van der Waals surface area contributed by atoms with Gasteiger partial charge in [0.25, 0.3) is 0 Å². The van der Waals surface area contributed by atoms with Gasteiger partial charge in [0.1, 0.15) is 0 Å². The molecule has 0 aromatic heterocycles. The lowest BCUT2D eigenvalue weighted by atomic mass is 10.3. The van der Waals surface area contributed by atoms with E-state index in [1.165, 1.54) is 6.08 Å². The van der Waals surface area contributed by atoms with Crippen LogP contribution in [0.15, 0.2) is 35.7 Å². The first-order chi connectivity index (χ1) is 7.88. The summed E-state index contributed by atoms with van der Waals surface area (Å²) in [6.07, 6.45) is 1.34. The van der Waals surface area contributed by atoms with Gasteiger partial charge in [-0.1, -0.05) is 6.08 Å². The summed E-state index contributed by atoms with van der Waals surface area (Å²) in [5.41, 5.74) is -0.661. The Balaban J connectivity index is 3.20. The molecule has 0 saturated heterocycles. The van der Waals surface area contributed by atoms with E-state index < -0.39 is 26.4 Å². The van der Waals surface area contributed by atoms with E-state index in [1.807, 2.05) is 0 Å². The largest absolute Gasteiger partial charge is 0.502 e. The quantitative estimate of drug-likeness (QED) is 0.460. The fraction of sp³-hybridized carbons (Fsp3) is 0.111. The molecule has 17 heavy (non-hydrogen) atoms. The highest BCUT2D eigenvalue weighted by Crippen LogP contribution is 2.27. The van der Waals surface area contributed by atoms with Gasteiger partial charge >= 0.3 is 5.69 Å². The van der Waals surface area contributed by atoms with Gasteiger partial charge in [0, 0.05) is 12.6 Å². The first-order valence-electron chi connectivity index (χ1n) is 4.46. The normalized spacial score (nSPS) is 11.1. The molecule has 0 atom stereocenters. The van der Waals surface area contributed by atoms with Crippen molar-refractivity contribution >= 4 is 15.7 Å². The van der Waals surface area contributed by atoms with Crippen molar-refractivity contribution < 1.29 is 18.4 Å². The molecule has 1 aromatic carbocycles. The zero-order valence-corrected chi connectivity index (χ0v) is 9.48. The third kappa shape index (κ3) is 3.02. The molecule has 8 heteroatoms. The van der Waals surface area contributed by atoms with Gasteiger partial charge in [-0.25, -0.2) is 13.1 Å². The number of rotatable bonds is 5. The predicted octanol–water partition coefficient (Wildman–Crippen LogP) is 0.765. The predicted molar refractivity (Wildman–Crippen MR) is 60.1 cm³/mol. The molecule has 0 unspecified atom stereocenters. The average molecular weight is 258 g/mol. The summed E-state index contributed by atoms with van der Waals surface area (Å²) in [5.74, 6) is -0.585. The van der Waals surface area contributed by atoms with Crippen molar-refractivity contribution in [2.24, 2.45) is 0 Å². The zero-order valence-electron chi connectivity index (χ0n) is 8.66. The van der Waals surface area contributed by atoms with Crippen molar-refractivity contribution in [3.63, 3.8) is 0 Å². The van der Waals surface area contributed by atoms with Crippen LogP contribution in [0, 0.1) is 10.1 Å². The number of sulfonamides is 1. The summed E-state index contributed by atoms with van der Waals surface area (Å²) in [7, 11) is -3.83. The van der Waals surface area contributed by atoms with E-state index in [-0.39, 0.29) is 11.4 Å². The Hall–Kier alpha value is -1.93. The fourth-order valence-electron chi connectivity index (χ4n) is 1.07. The molecule has 0 bridgehead atoms. The number of phenolic OH excluding ortho intramolecular Hbond substituents is 1. The molecule has 2 N–H and O–H groups in total. The lowest BCUT2D eigenvalue weighted by Gasteiger charge is -2.04. The van der Waals surface area contributed by atoms with Gasteiger partial charge in [-0.15, -0.1) is 6.58 Å². The van der Waals surface area contributed by atoms with Gasteiger partial charge in [-0.05, 0) is 12.1 Å². The van der Waals surface area contributed by atoms with Crippen LogP contribution in [-0.4, -0.2) is 25.0 Å². The van der Waals surface area contributed by atoms with Crippen LogP contribution >= 0.6 is 0 Å². The van der Waals surface area contributed by atoms with E-state index in [2.05, 4.69) is 11.3 Å². The number of nitrogens with one attached hydrogen (secondary N) is 1. The van der Waals surface area contributed by atoms with E-state index in [1.54, 1.807) is 0 Å². The number of nitrogens with zero attached hydrogens (tertiary/aromatic N) is 1. The summed E-state index contributed by atoms with van der Waals surface area (Å²) in [5, 5.41) is 19.7. The summed E-state index contributed by atoms with van der Waals surface area (Å²) in [6.45, 7) is 3.35. The third-order valence-electron chi connectivity index (χ3n) is 1.87. The van der Waals surface area contributed by atoms with E-state index >= 15 is 0 Å². The van der Waals surface area contributed by atoms with E-state index in [0.717, 1.165) is 18.2 Å². The summed E-state index contributed by atoms with van der Waals surface area (Å²) in [4.78, 5) is 9.38. The minimum Gasteiger partial charge on any atom is -0.502 e. The zero-order chi connectivity index (χ0) is 13.1. The van der Waals surface area contributed by atoms with E-state index in [4.69, 9.17) is 0 Å². The van der Waals surface area contributed by atoms with E-state index in [0.29, 0.717) is 0 Å². The molecular formula is C9H10N2O5S. The number of hydrogen-bond donors (Lipinski definition) is 2. The van der Waals surface area contributed by atoms with Crippen molar-refractivity contribution in [2.45, 2.75) is 4.90 Å². The molecule has 0 heterocycles. The van der Waals surface area contributed by atoms with Crippen LogP contribution < -0.4 is 4.72 Å². The number of aromatic hydroxyl groups is 1. The number of nitro groups is 1. The van der Waals surface area contributed by atoms with Gasteiger partial charge in [-0.2, -0.15) is 0 Å². The van der Waals surface area contributed by atoms with Gasteiger partial charge in [0.15, 0.2) is 5.75 Å². The molecule has 7 nitrogen and oxygen atoms in total. The Labute approximate surface area is 97.6 Å². The van der Waals surface area contributed by atoms with Gasteiger partial charge in [0.2, 0.25) is 10.0 Å². The Morgan fingerprint density at radius 3 is 2.71 bits per heavy atom. The monoisotopic (exact) mass is 258 g/mol. The molecule has 0 amide bonds. The molecule has 0 fully saturated rings. The number of nitro benzene ring substituents is 1. The Morgan fingerprint density at radius 1 is 1.53 bits per heavy atom. The van der Waals surface area contributed by atoms with Gasteiger partial charge < -0.3 is 5.11 Å². The minimum absolute atomic E-state index is 0.0109. The van der Waals surface area contributed by atoms with Crippen molar-refractivity contribution in [3.8, 4) is 5.75 Å². The van der Waals surface area contributed by atoms with Crippen LogP contribution in [0.3, 0.4) is 0 Å². The molecule has 1 aromatic rings. The molecule has 0 spiro atoms. The Morgan fingerprint density at radius 2 is 2.18 bits per heavy atom. The van der Waals surface area contributed by atoms with Crippen LogP contribution in [0.25, 0.3) is 0 Å². The summed E-state index contributed by atoms with van der Waals surface area (Å²) < 4.78 is 25.4. The number of phenols is 1. The van der Waals surface area contributed by atoms with Crippen LogP contribution in [0.5, 0.6) is 5.75 Å². The standard InChI is InChI=1S/C9H10N2O5S/c1-2-5-10-17(15,16)7-3-4-9(12)8(6-7)11(13)14/h2-4,6,10,12H,1,5H2.